The van der Waals surface area contributed by atoms with Gasteiger partial charge in [-0.1, -0.05) is 18.6 Å². The Morgan fingerprint density at radius 2 is 2.50 bits per heavy atom. The Labute approximate surface area is 50.6 Å². The summed E-state index contributed by atoms with van der Waals surface area (Å²) in [5, 5.41) is 0. The second kappa shape index (κ2) is 1.37. The minimum absolute atomic E-state index is 1.000. The van der Waals surface area contributed by atoms with Gasteiger partial charge in [-0.15, -0.1) is 0 Å². The maximum Gasteiger partial charge on any atom is -0.0188 e. The predicted molar refractivity (Wildman–Crippen MR) is 34.6 cm³/mol. The molecule has 0 heteroatoms. The fourth-order valence-corrected chi connectivity index (χ4v) is 1.97. The van der Waals surface area contributed by atoms with Gasteiger partial charge >= 0.3 is 0 Å². The number of hydrogen-bond donors (Lipinski definition) is 0. The molecule has 0 N–H and O–H groups in total. The summed E-state index contributed by atoms with van der Waals surface area (Å²) in [7, 11) is 0. The van der Waals surface area contributed by atoms with Crippen molar-refractivity contribution in [3.05, 3.63) is 11.6 Å². The molecule has 1 unspecified atom stereocenters. The van der Waals surface area contributed by atoms with E-state index in [1.54, 1.807) is 5.57 Å². The lowest BCUT2D eigenvalue weighted by Crippen LogP contribution is -1.96. The van der Waals surface area contributed by atoms with E-state index in [0.29, 0.717) is 0 Å². The molecule has 1 fully saturated rings. The summed E-state index contributed by atoms with van der Waals surface area (Å²) in [6.45, 7) is 2.30. The van der Waals surface area contributed by atoms with Crippen molar-refractivity contribution in [3.8, 4) is 0 Å². The molecule has 1 saturated carbocycles. The summed E-state index contributed by atoms with van der Waals surface area (Å²) in [6, 6.07) is 0. The van der Waals surface area contributed by atoms with E-state index in [9.17, 15) is 0 Å². The number of allylic oxidation sites excluding steroid dienone is 2. The normalized spacial score (nSPS) is 41.4. The molecule has 0 spiro atoms. The van der Waals surface area contributed by atoms with Crippen LogP contribution in [0, 0.1) is 11.8 Å². The van der Waals surface area contributed by atoms with Crippen LogP contribution >= 0.6 is 0 Å². The smallest absolute Gasteiger partial charge is 0.0188 e. The van der Waals surface area contributed by atoms with Gasteiger partial charge in [0.15, 0.2) is 0 Å². The monoisotopic (exact) mass is 108 g/mol. The van der Waals surface area contributed by atoms with Crippen LogP contribution in [0.15, 0.2) is 11.6 Å². The van der Waals surface area contributed by atoms with E-state index in [1.807, 2.05) is 0 Å². The van der Waals surface area contributed by atoms with Crippen molar-refractivity contribution in [2.24, 2.45) is 11.8 Å². The first-order chi connectivity index (χ1) is 3.90. The van der Waals surface area contributed by atoms with Crippen LogP contribution in [-0.2, 0) is 0 Å². The Morgan fingerprint density at radius 3 is 2.75 bits per heavy atom. The van der Waals surface area contributed by atoms with Crippen molar-refractivity contribution in [2.45, 2.75) is 26.2 Å². The van der Waals surface area contributed by atoms with Gasteiger partial charge in [0.05, 0.1) is 0 Å². The summed E-state index contributed by atoms with van der Waals surface area (Å²) in [5.74, 6) is 2.01. The molecular weight excluding hydrogens is 96.1 g/mol. The van der Waals surface area contributed by atoms with E-state index in [1.165, 1.54) is 19.3 Å². The van der Waals surface area contributed by atoms with Gasteiger partial charge in [0.2, 0.25) is 0 Å². The average molecular weight is 108 g/mol. The summed E-state index contributed by atoms with van der Waals surface area (Å²) in [6.07, 6.45) is 6.76. The highest BCUT2D eigenvalue weighted by Crippen LogP contribution is 2.47. The highest BCUT2D eigenvalue weighted by atomic mass is 14.4. The maximum atomic E-state index is 2.47. The van der Waals surface area contributed by atoms with E-state index >= 15 is 0 Å². The molecule has 3 rings (SSSR count). The standard InChI is InChI=1S/C8H12/c1-2-7-3-6-4-8(7)5-6/h4,6-7H,2-3,5H2,1H3/t6-,7?/m0/s1. The zero-order valence-electron chi connectivity index (χ0n) is 5.35. The van der Waals surface area contributed by atoms with E-state index in [0.717, 1.165) is 11.8 Å². The first kappa shape index (κ1) is 4.60. The van der Waals surface area contributed by atoms with Gasteiger partial charge in [-0.05, 0) is 31.1 Å². The van der Waals surface area contributed by atoms with Gasteiger partial charge < -0.3 is 0 Å². The van der Waals surface area contributed by atoms with Crippen LogP contribution in [0.1, 0.15) is 26.2 Å². The van der Waals surface area contributed by atoms with Crippen molar-refractivity contribution in [3.63, 3.8) is 0 Å². The SMILES string of the molecule is CCC1C[C@H]2C=C1C2. The third-order valence-corrected chi connectivity index (χ3v) is 2.55. The van der Waals surface area contributed by atoms with Gasteiger partial charge in [0.25, 0.3) is 0 Å². The minimum Gasteiger partial charge on any atom is -0.0816 e. The molecule has 0 aromatic rings. The fraction of sp³-hybridized carbons (Fsp3) is 0.750. The maximum absolute atomic E-state index is 2.47. The lowest BCUT2D eigenvalue weighted by atomic mass is 9.95. The number of hydrogen-bond acceptors (Lipinski definition) is 0. The topological polar surface area (TPSA) is 0 Å². The lowest BCUT2D eigenvalue weighted by molar-refractivity contribution is 0.587. The van der Waals surface area contributed by atoms with E-state index < -0.39 is 0 Å². The first-order valence-electron chi connectivity index (χ1n) is 3.60. The molecule has 0 aromatic heterocycles. The zero-order chi connectivity index (χ0) is 5.56. The molecule has 2 bridgehead atoms. The van der Waals surface area contributed by atoms with Crippen LogP contribution in [0.3, 0.4) is 0 Å². The summed E-state index contributed by atoms with van der Waals surface area (Å²) in [5.41, 5.74) is 1.76. The molecule has 0 aliphatic heterocycles. The van der Waals surface area contributed by atoms with Crippen LogP contribution < -0.4 is 0 Å². The molecule has 2 atom stereocenters. The van der Waals surface area contributed by atoms with E-state index in [2.05, 4.69) is 13.0 Å². The molecular formula is C8H12. The largest absolute Gasteiger partial charge is 0.0816 e. The second-order valence-electron chi connectivity index (χ2n) is 3.05. The van der Waals surface area contributed by atoms with Crippen molar-refractivity contribution >= 4 is 0 Å². The molecule has 3 aliphatic carbocycles. The van der Waals surface area contributed by atoms with Gasteiger partial charge in [0, 0.05) is 0 Å². The average Bonchev–Trinajstić information content (AvgIpc) is 2.15. The number of rotatable bonds is 1. The molecule has 0 amide bonds. The zero-order valence-corrected chi connectivity index (χ0v) is 5.35. The molecule has 44 valence electrons. The Hall–Kier alpha value is -0.260. The molecule has 0 heterocycles. The van der Waals surface area contributed by atoms with Crippen LogP contribution in [-0.4, -0.2) is 0 Å². The molecule has 0 saturated heterocycles. The predicted octanol–water partition coefficient (Wildman–Crippen LogP) is 2.36. The van der Waals surface area contributed by atoms with E-state index in [4.69, 9.17) is 0 Å². The van der Waals surface area contributed by atoms with Crippen molar-refractivity contribution in [1.29, 1.82) is 0 Å². The highest BCUT2D eigenvalue weighted by molar-refractivity contribution is 5.26. The quantitative estimate of drug-likeness (QED) is 0.452. The summed E-state index contributed by atoms with van der Waals surface area (Å²) in [4.78, 5) is 0. The van der Waals surface area contributed by atoms with Gasteiger partial charge in [0.1, 0.15) is 0 Å². The van der Waals surface area contributed by atoms with Crippen LogP contribution in [0.5, 0.6) is 0 Å². The molecule has 0 nitrogen and oxygen atoms in total. The molecule has 0 aromatic carbocycles. The third kappa shape index (κ3) is 0.410. The number of fused-ring (bicyclic) bond motifs is 1. The summed E-state index contributed by atoms with van der Waals surface area (Å²) < 4.78 is 0. The van der Waals surface area contributed by atoms with Crippen molar-refractivity contribution in [1.82, 2.24) is 0 Å². The van der Waals surface area contributed by atoms with Crippen LogP contribution in [0.4, 0.5) is 0 Å². The van der Waals surface area contributed by atoms with Crippen molar-refractivity contribution < 1.29 is 0 Å². The lowest BCUT2D eigenvalue weighted by Gasteiger charge is -2.11. The Morgan fingerprint density at radius 1 is 1.75 bits per heavy atom. The molecule has 8 heavy (non-hydrogen) atoms. The van der Waals surface area contributed by atoms with Gasteiger partial charge in [-0.2, -0.15) is 0 Å². The second-order valence-corrected chi connectivity index (χ2v) is 3.05. The molecule has 0 radical (unpaired) electrons. The van der Waals surface area contributed by atoms with Crippen LogP contribution in [0.2, 0.25) is 0 Å². The van der Waals surface area contributed by atoms with E-state index in [-0.39, 0.29) is 0 Å². The van der Waals surface area contributed by atoms with Crippen molar-refractivity contribution in [2.75, 3.05) is 0 Å². The highest BCUT2D eigenvalue weighted by Gasteiger charge is 2.34. The fourth-order valence-electron chi connectivity index (χ4n) is 1.97. The first-order valence-corrected chi connectivity index (χ1v) is 3.60. The Balaban J connectivity index is 2.12. The van der Waals surface area contributed by atoms with Gasteiger partial charge in [-0.3, -0.25) is 0 Å². The Kier molecular flexibility index (Phi) is 0.787. The Bertz CT molecular complexity index is 133. The minimum atomic E-state index is 1.000. The summed E-state index contributed by atoms with van der Waals surface area (Å²) >= 11 is 0. The van der Waals surface area contributed by atoms with Gasteiger partial charge in [-0.25, -0.2) is 0 Å². The van der Waals surface area contributed by atoms with Crippen LogP contribution in [0.25, 0.3) is 0 Å². The molecule has 3 aliphatic rings. The third-order valence-electron chi connectivity index (χ3n) is 2.55.